The molecule has 0 rings (SSSR count). The normalized spacial score (nSPS) is 12.8. The third-order valence-corrected chi connectivity index (χ3v) is 3.60. The average Bonchev–Trinajstić information content (AvgIpc) is 2.27. The number of carbonyl (C=O) groups is 1. The number of amides is 1. The number of carbonyl (C=O) groups excluding carboxylic acids is 1. The fraction of sp³-hybridized carbons (Fsp3) is 0.929. The topological polar surface area (TPSA) is 29.1 Å². The molecule has 0 fully saturated rings. The van der Waals surface area contributed by atoms with Gasteiger partial charge in [-0.25, -0.2) is 0 Å². The molecule has 0 heterocycles. The first-order valence-corrected chi connectivity index (χ1v) is 8.07. The number of halogens is 1. The van der Waals surface area contributed by atoms with Gasteiger partial charge in [-0.15, -0.1) is 0 Å². The number of rotatable bonds is 10. The van der Waals surface area contributed by atoms with Crippen molar-refractivity contribution >= 4 is 21.8 Å². The zero-order chi connectivity index (χ0) is 13.1. The van der Waals surface area contributed by atoms with Crippen molar-refractivity contribution < 1.29 is 4.79 Å². The molecule has 0 bridgehead atoms. The molecule has 102 valence electrons. The Morgan fingerprint density at radius 2 is 1.82 bits per heavy atom. The second kappa shape index (κ2) is 11.1. The molecule has 2 nitrogen and oxygen atoms in total. The summed E-state index contributed by atoms with van der Waals surface area (Å²) >= 11 is 3.46. The molecule has 1 unspecified atom stereocenters. The zero-order valence-electron chi connectivity index (χ0n) is 11.6. The first kappa shape index (κ1) is 16.9. The second-order valence-electron chi connectivity index (χ2n) is 5.21. The Bertz CT molecular complexity index is 195. The maximum Gasteiger partial charge on any atom is 0.220 e. The third-order valence-electron chi connectivity index (χ3n) is 2.81. The van der Waals surface area contributed by atoms with Crippen LogP contribution in [0.5, 0.6) is 0 Å². The maximum atomic E-state index is 11.7. The molecule has 0 aromatic carbocycles. The van der Waals surface area contributed by atoms with Gasteiger partial charge in [0.1, 0.15) is 0 Å². The van der Waals surface area contributed by atoms with E-state index < -0.39 is 0 Å². The molecular formula is C14H28BrNO. The number of hydrogen-bond donors (Lipinski definition) is 1. The van der Waals surface area contributed by atoms with Crippen molar-refractivity contribution in [1.29, 1.82) is 0 Å². The highest BCUT2D eigenvalue weighted by Gasteiger charge is 2.12. The summed E-state index contributed by atoms with van der Waals surface area (Å²) < 4.78 is 0. The van der Waals surface area contributed by atoms with Crippen LogP contribution in [0, 0.1) is 5.92 Å². The van der Waals surface area contributed by atoms with Gasteiger partial charge in [0.05, 0.1) is 0 Å². The van der Waals surface area contributed by atoms with E-state index in [0.29, 0.717) is 12.3 Å². The van der Waals surface area contributed by atoms with Gasteiger partial charge in [0.25, 0.3) is 0 Å². The van der Waals surface area contributed by atoms with Crippen LogP contribution in [0.2, 0.25) is 0 Å². The summed E-state index contributed by atoms with van der Waals surface area (Å²) in [5.41, 5.74) is 0. The van der Waals surface area contributed by atoms with Crippen LogP contribution in [0.1, 0.15) is 65.7 Å². The molecule has 0 aliphatic heterocycles. The van der Waals surface area contributed by atoms with Crippen molar-refractivity contribution in [1.82, 2.24) is 5.32 Å². The van der Waals surface area contributed by atoms with E-state index in [2.05, 4.69) is 42.0 Å². The monoisotopic (exact) mass is 305 g/mol. The first-order chi connectivity index (χ1) is 8.10. The molecule has 0 aromatic rings. The van der Waals surface area contributed by atoms with Gasteiger partial charge >= 0.3 is 0 Å². The number of unbranched alkanes of at least 4 members (excludes halogenated alkanes) is 4. The van der Waals surface area contributed by atoms with E-state index in [1.807, 2.05) is 0 Å². The standard InChI is InChI=1S/C14H28BrNO/c1-4-5-6-7-8-9-14(17)16-13(11-15)10-12(2)3/h12-13H,4-11H2,1-3H3,(H,16,17). The fourth-order valence-electron chi connectivity index (χ4n) is 1.92. The minimum atomic E-state index is 0.214. The Labute approximate surface area is 115 Å². The minimum Gasteiger partial charge on any atom is -0.353 e. The highest BCUT2D eigenvalue weighted by atomic mass is 79.9. The van der Waals surface area contributed by atoms with Crippen LogP contribution >= 0.6 is 15.9 Å². The van der Waals surface area contributed by atoms with Gasteiger partial charge in [-0.1, -0.05) is 62.4 Å². The molecule has 17 heavy (non-hydrogen) atoms. The quantitative estimate of drug-likeness (QED) is 0.474. The van der Waals surface area contributed by atoms with E-state index in [9.17, 15) is 4.79 Å². The molecule has 0 aromatic heterocycles. The number of alkyl halides is 1. The average molecular weight is 306 g/mol. The van der Waals surface area contributed by atoms with Crippen LogP contribution in [0.15, 0.2) is 0 Å². The Kier molecular flexibility index (Phi) is 11.0. The van der Waals surface area contributed by atoms with Gasteiger partial charge < -0.3 is 5.32 Å². The molecule has 1 atom stereocenters. The highest BCUT2D eigenvalue weighted by Crippen LogP contribution is 2.09. The number of hydrogen-bond acceptors (Lipinski definition) is 1. The van der Waals surface area contributed by atoms with Crippen LogP contribution in [0.3, 0.4) is 0 Å². The highest BCUT2D eigenvalue weighted by molar-refractivity contribution is 9.09. The summed E-state index contributed by atoms with van der Waals surface area (Å²) in [5, 5.41) is 3.96. The van der Waals surface area contributed by atoms with Crippen molar-refractivity contribution in [2.75, 3.05) is 5.33 Å². The van der Waals surface area contributed by atoms with Gasteiger partial charge in [-0.3, -0.25) is 4.79 Å². The van der Waals surface area contributed by atoms with E-state index in [1.165, 1.54) is 25.7 Å². The Morgan fingerprint density at radius 3 is 2.35 bits per heavy atom. The van der Waals surface area contributed by atoms with Crippen LogP contribution in [0.25, 0.3) is 0 Å². The van der Waals surface area contributed by atoms with E-state index in [-0.39, 0.29) is 11.9 Å². The Balaban J connectivity index is 3.61. The van der Waals surface area contributed by atoms with Crippen molar-refractivity contribution in [3.05, 3.63) is 0 Å². The molecule has 0 spiro atoms. The molecule has 0 radical (unpaired) electrons. The van der Waals surface area contributed by atoms with Crippen molar-refractivity contribution in [3.63, 3.8) is 0 Å². The van der Waals surface area contributed by atoms with Crippen LogP contribution in [-0.2, 0) is 4.79 Å². The van der Waals surface area contributed by atoms with Crippen molar-refractivity contribution in [2.45, 2.75) is 71.8 Å². The van der Waals surface area contributed by atoms with Gasteiger partial charge in [0.15, 0.2) is 0 Å². The molecular weight excluding hydrogens is 278 g/mol. The Hall–Kier alpha value is -0.0500. The summed E-state index contributed by atoms with van der Waals surface area (Å²) in [5.74, 6) is 0.842. The van der Waals surface area contributed by atoms with Crippen molar-refractivity contribution in [3.8, 4) is 0 Å². The van der Waals surface area contributed by atoms with E-state index in [4.69, 9.17) is 0 Å². The third kappa shape index (κ3) is 10.8. The lowest BCUT2D eigenvalue weighted by Gasteiger charge is -2.18. The predicted molar refractivity (Wildman–Crippen MR) is 78.6 cm³/mol. The lowest BCUT2D eigenvalue weighted by atomic mass is 10.0. The van der Waals surface area contributed by atoms with Crippen LogP contribution < -0.4 is 5.32 Å². The van der Waals surface area contributed by atoms with Gasteiger partial charge in [-0.2, -0.15) is 0 Å². The van der Waals surface area contributed by atoms with Gasteiger partial charge in [0, 0.05) is 17.8 Å². The summed E-state index contributed by atoms with van der Waals surface area (Å²) in [4.78, 5) is 11.7. The van der Waals surface area contributed by atoms with E-state index in [0.717, 1.165) is 18.2 Å². The maximum absolute atomic E-state index is 11.7. The molecule has 1 amide bonds. The summed E-state index contributed by atoms with van der Waals surface area (Å²) in [6.45, 7) is 6.58. The molecule has 0 aliphatic rings. The minimum absolute atomic E-state index is 0.214. The number of nitrogens with one attached hydrogen (secondary N) is 1. The van der Waals surface area contributed by atoms with Crippen molar-refractivity contribution in [2.24, 2.45) is 5.92 Å². The summed E-state index contributed by atoms with van der Waals surface area (Å²) in [7, 11) is 0. The SMILES string of the molecule is CCCCCCCC(=O)NC(CBr)CC(C)C. The molecule has 0 aliphatic carbocycles. The second-order valence-corrected chi connectivity index (χ2v) is 5.86. The predicted octanol–water partition coefficient (Wildman–Crippen LogP) is 4.27. The van der Waals surface area contributed by atoms with Crippen LogP contribution in [-0.4, -0.2) is 17.3 Å². The van der Waals surface area contributed by atoms with Gasteiger partial charge in [-0.05, 0) is 18.8 Å². The smallest absolute Gasteiger partial charge is 0.220 e. The Morgan fingerprint density at radius 1 is 1.18 bits per heavy atom. The molecule has 0 saturated carbocycles. The summed E-state index contributed by atoms with van der Waals surface area (Å²) in [6.07, 6.45) is 7.76. The van der Waals surface area contributed by atoms with Gasteiger partial charge in [0.2, 0.25) is 5.91 Å². The first-order valence-electron chi connectivity index (χ1n) is 6.95. The lowest BCUT2D eigenvalue weighted by molar-refractivity contribution is -0.121. The molecule has 0 saturated heterocycles. The van der Waals surface area contributed by atoms with E-state index >= 15 is 0 Å². The van der Waals surface area contributed by atoms with Crippen LogP contribution in [0.4, 0.5) is 0 Å². The summed E-state index contributed by atoms with van der Waals surface area (Å²) in [6, 6.07) is 0.290. The lowest BCUT2D eigenvalue weighted by Crippen LogP contribution is -2.36. The molecule has 3 heteroatoms. The fourth-order valence-corrected chi connectivity index (χ4v) is 2.34. The molecule has 1 N–H and O–H groups in total. The van der Waals surface area contributed by atoms with E-state index in [1.54, 1.807) is 0 Å². The zero-order valence-corrected chi connectivity index (χ0v) is 13.2. The largest absolute Gasteiger partial charge is 0.353 e.